The van der Waals surface area contributed by atoms with E-state index in [1.54, 1.807) is 0 Å². The lowest BCUT2D eigenvalue weighted by Gasteiger charge is -2.20. The van der Waals surface area contributed by atoms with Crippen molar-refractivity contribution in [2.45, 2.75) is 122 Å². The van der Waals surface area contributed by atoms with Crippen molar-refractivity contribution in [3.8, 4) is 11.5 Å². The van der Waals surface area contributed by atoms with Crippen molar-refractivity contribution in [2.75, 3.05) is 13.2 Å². The molecule has 0 aliphatic heterocycles. The van der Waals surface area contributed by atoms with Crippen molar-refractivity contribution in [1.29, 1.82) is 0 Å². The molecule has 1 unspecified atom stereocenters. The lowest BCUT2D eigenvalue weighted by molar-refractivity contribution is -0.167. The summed E-state index contributed by atoms with van der Waals surface area (Å²) in [5, 5.41) is 19.0. The van der Waals surface area contributed by atoms with Gasteiger partial charge in [0.25, 0.3) is 0 Å². The first-order valence-electron chi connectivity index (χ1n) is 14.5. The third kappa shape index (κ3) is 17.4. The molecule has 9 nitrogen and oxygen atoms in total. The van der Waals surface area contributed by atoms with E-state index >= 15 is 0 Å². The number of aromatic hydroxyl groups is 2. The molecule has 39 heavy (non-hydrogen) atoms. The van der Waals surface area contributed by atoms with Crippen LogP contribution >= 0.6 is 0 Å². The van der Waals surface area contributed by atoms with Crippen LogP contribution in [0.4, 0.5) is 0 Å². The predicted octanol–water partition coefficient (Wildman–Crippen LogP) is 5.47. The minimum atomic E-state index is -1.07. The Balaban J connectivity index is 2.26. The van der Waals surface area contributed by atoms with Gasteiger partial charge < -0.3 is 30.2 Å². The average Bonchev–Trinajstić information content (AvgIpc) is 2.90. The van der Waals surface area contributed by atoms with Gasteiger partial charge in [0, 0.05) is 13.3 Å². The molecule has 0 spiro atoms. The number of carbonyl (C=O) groups excluding carboxylic acids is 3. The maximum atomic E-state index is 12.5. The third-order valence-corrected chi connectivity index (χ3v) is 6.47. The fraction of sp³-hybridized carbons (Fsp3) is 0.700. The molecule has 0 aromatic heterocycles. The van der Waals surface area contributed by atoms with E-state index in [0.29, 0.717) is 5.56 Å². The van der Waals surface area contributed by atoms with Gasteiger partial charge in [-0.2, -0.15) is 0 Å². The van der Waals surface area contributed by atoms with E-state index in [9.17, 15) is 24.6 Å². The molecule has 222 valence electrons. The minimum Gasteiger partial charge on any atom is -0.504 e. The number of benzene rings is 1. The third-order valence-electron chi connectivity index (χ3n) is 6.47. The normalized spacial score (nSPS) is 12.5. The molecule has 9 heteroatoms. The van der Waals surface area contributed by atoms with Crippen molar-refractivity contribution in [2.24, 2.45) is 5.73 Å². The largest absolute Gasteiger partial charge is 0.504 e. The van der Waals surface area contributed by atoms with Crippen LogP contribution in [0.2, 0.25) is 0 Å². The van der Waals surface area contributed by atoms with Crippen molar-refractivity contribution in [1.82, 2.24) is 0 Å². The van der Waals surface area contributed by atoms with E-state index in [0.717, 1.165) is 19.3 Å². The first kappa shape index (κ1) is 34.2. The molecule has 1 aromatic rings. The fourth-order valence-electron chi connectivity index (χ4n) is 4.16. The molecule has 0 aliphatic rings. The van der Waals surface area contributed by atoms with Crippen LogP contribution in [-0.4, -0.2) is 53.5 Å². The first-order chi connectivity index (χ1) is 18.7. The number of rotatable bonds is 22. The molecule has 0 saturated carbocycles. The Morgan fingerprint density at radius 1 is 0.795 bits per heavy atom. The Morgan fingerprint density at radius 2 is 1.33 bits per heavy atom. The van der Waals surface area contributed by atoms with Gasteiger partial charge in [0.15, 0.2) is 17.6 Å². The maximum Gasteiger partial charge on any atom is 0.323 e. The van der Waals surface area contributed by atoms with Gasteiger partial charge in [-0.25, -0.2) is 0 Å². The van der Waals surface area contributed by atoms with Crippen molar-refractivity contribution < 1.29 is 38.8 Å². The number of phenols is 2. The molecule has 2 atom stereocenters. The number of ether oxygens (including phenoxy) is 3. The van der Waals surface area contributed by atoms with Gasteiger partial charge in [-0.05, 0) is 30.5 Å². The van der Waals surface area contributed by atoms with Gasteiger partial charge in [0.2, 0.25) is 0 Å². The number of esters is 3. The molecule has 1 aromatic carbocycles. The van der Waals surface area contributed by atoms with E-state index in [1.807, 2.05) is 0 Å². The maximum absolute atomic E-state index is 12.5. The van der Waals surface area contributed by atoms with Gasteiger partial charge in [0.1, 0.15) is 19.3 Å². The number of hydrogen-bond donors (Lipinski definition) is 3. The highest BCUT2D eigenvalue weighted by Gasteiger charge is 2.23. The van der Waals surface area contributed by atoms with Gasteiger partial charge in [0.05, 0.1) is 0 Å². The average molecular weight is 552 g/mol. The smallest absolute Gasteiger partial charge is 0.323 e. The highest BCUT2D eigenvalue weighted by Crippen LogP contribution is 2.25. The summed E-state index contributed by atoms with van der Waals surface area (Å²) in [6.07, 6.45) is 15.1. The summed E-state index contributed by atoms with van der Waals surface area (Å²) >= 11 is 0. The van der Waals surface area contributed by atoms with Crippen LogP contribution in [-0.2, 0) is 35.0 Å². The molecule has 4 N–H and O–H groups in total. The van der Waals surface area contributed by atoms with E-state index in [-0.39, 0.29) is 37.6 Å². The SMILES string of the molecule is CCCCCCCCCCCCCCCC(=O)OCC(COC(C)=O)OC(=O)[C@@H](N)Cc1ccc(O)c(O)c1. The zero-order chi connectivity index (χ0) is 28.9. The van der Waals surface area contributed by atoms with E-state index < -0.39 is 30.1 Å². The Hall–Kier alpha value is -2.81. The van der Waals surface area contributed by atoms with Crippen LogP contribution in [0.15, 0.2) is 18.2 Å². The first-order valence-corrected chi connectivity index (χ1v) is 14.5. The number of phenolic OH excluding ortho intramolecular Hbond substituents is 2. The summed E-state index contributed by atoms with van der Waals surface area (Å²) in [5.41, 5.74) is 6.45. The monoisotopic (exact) mass is 551 g/mol. The second-order valence-electron chi connectivity index (χ2n) is 10.2. The van der Waals surface area contributed by atoms with E-state index in [2.05, 4.69) is 6.92 Å². The summed E-state index contributed by atoms with van der Waals surface area (Å²) in [6.45, 7) is 2.95. The quantitative estimate of drug-likeness (QED) is 0.0739. The predicted molar refractivity (Wildman–Crippen MR) is 149 cm³/mol. The second-order valence-corrected chi connectivity index (χ2v) is 10.2. The molecule has 0 fully saturated rings. The van der Waals surface area contributed by atoms with Gasteiger partial charge >= 0.3 is 17.9 Å². The van der Waals surface area contributed by atoms with E-state index in [1.165, 1.54) is 89.3 Å². The molecule has 0 saturated heterocycles. The van der Waals surface area contributed by atoms with Crippen molar-refractivity contribution >= 4 is 17.9 Å². The van der Waals surface area contributed by atoms with Crippen LogP contribution in [0.25, 0.3) is 0 Å². The minimum absolute atomic E-state index is 0.0474. The highest BCUT2D eigenvalue weighted by atomic mass is 16.6. The molecular weight excluding hydrogens is 502 g/mol. The van der Waals surface area contributed by atoms with Gasteiger partial charge in [-0.1, -0.05) is 90.0 Å². The summed E-state index contributed by atoms with van der Waals surface area (Å²) in [5.74, 6) is -2.33. The number of hydrogen-bond acceptors (Lipinski definition) is 9. The van der Waals surface area contributed by atoms with Crippen molar-refractivity contribution in [3.05, 3.63) is 23.8 Å². The summed E-state index contributed by atoms with van der Waals surface area (Å²) in [7, 11) is 0. The van der Waals surface area contributed by atoms with Gasteiger partial charge in [-0.15, -0.1) is 0 Å². The van der Waals surface area contributed by atoms with Crippen LogP contribution in [0.5, 0.6) is 11.5 Å². The Bertz CT molecular complexity index is 844. The molecule has 0 amide bonds. The van der Waals surface area contributed by atoms with E-state index in [4.69, 9.17) is 19.9 Å². The summed E-state index contributed by atoms with van der Waals surface area (Å²) in [4.78, 5) is 35.9. The van der Waals surface area contributed by atoms with Crippen LogP contribution in [0.1, 0.15) is 109 Å². The number of carbonyl (C=O) groups is 3. The second kappa shape index (κ2) is 21.1. The zero-order valence-corrected chi connectivity index (χ0v) is 23.8. The standard InChI is InChI=1S/C30H49NO8/c1-3-4-5-6-7-8-9-10-11-12-13-14-15-16-29(35)38-22-25(21-37-23(2)32)39-30(36)26(31)19-24-17-18-27(33)28(34)20-24/h17-18,20,25-26,33-34H,3-16,19,21-22,31H2,1-2H3/t25?,26-/m0/s1. The lowest BCUT2D eigenvalue weighted by Crippen LogP contribution is -2.39. The lowest BCUT2D eigenvalue weighted by atomic mass is 10.0. The van der Waals surface area contributed by atoms with Crippen LogP contribution in [0.3, 0.4) is 0 Å². The molecular formula is C30H49NO8. The zero-order valence-electron chi connectivity index (χ0n) is 23.8. The molecule has 1 rings (SSSR count). The number of unbranched alkanes of at least 4 members (excludes halogenated alkanes) is 12. The van der Waals surface area contributed by atoms with Crippen molar-refractivity contribution in [3.63, 3.8) is 0 Å². The van der Waals surface area contributed by atoms with Crippen LogP contribution < -0.4 is 5.73 Å². The molecule has 0 radical (unpaired) electrons. The highest BCUT2D eigenvalue weighted by molar-refractivity contribution is 5.76. The number of nitrogens with two attached hydrogens (primary N) is 1. The Morgan fingerprint density at radius 3 is 1.87 bits per heavy atom. The molecule has 0 bridgehead atoms. The fourth-order valence-corrected chi connectivity index (χ4v) is 4.16. The Labute approximate surface area is 233 Å². The Kier molecular flexibility index (Phi) is 18.5. The molecule has 0 heterocycles. The topological polar surface area (TPSA) is 145 Å². The van der Waals surface area contributed by atoms with Gasteiger partial charge in [-0.3, -0.25) is 14.4 Å². The molecule has 0 aliphatic carbocycles. The van der Waals surface area contributed by atoms with Crippen LogP contribution in [0, 0.1) is 0 Å². The summed E-state index contributed by atoms with van der Waals surface area (Å²) < 4.78 is 15.5. The summed E-state index contributed by atoms with van der Waals surface area (Å²) in [6, 6.07) is 3.05.